The lowest BCUT2D eigenvalue weighted by atomic mass is 9.97. The second-order valence-electron chi connectivity index (χ2n) is 7.23. The van der Waals surface area contributed by atoms with E-state index in [0.29, 0.717) is 0 Å². The fraction of sp³-hybridized carbons (Fsp3) is 0.789. The van der Waals surface area contributed by atoms with E-state index < -0.39 is 48.6 Å². The third-order valence-corrected chi connectivity index (χ3v) is 4.93. The molecule has 1 N–H and O–H groups in total. The van der Waals surface area contributed by atoms with Crippen LogP contribution in [0.5, 0.6) is 0 Å². The highest BCUT2D eigenvalue weighted by Crippen LogP contribution is 2.29. The molecule has 0 aromatic rings. The Hall–Kier alpha value is -2.20. The molecule has 0 spiro atoms. The van der Waals surface area contributed by atoms with Gasteiger partial charge in [0, 0.05) is 40.3 Å². The molecule has 0 bridgehead atoms. The smallest absolute Gasteiger partial charge is 0.303 e. The molecule has 1 aliphatic heterocycles. The van der Waals surface area contributed by atoms with E-state index in [2.05, 4.69) is 5.32 Å². The summed E-state index contributed by atoms with van der Waals surface area (Å²) in [5.74, 6) is -2.10. The van der Waals surface area contributed by atoms with Crippen LogP contribution >= 0.6 is 0 Å². The highest BCUT2D eigenvalue weighted by molar-refractivity contribution is 5.78. The number of amides is 1. The maximum Gasteiger partial charge on any atom is 0.303 e. The van der Waals surface area contributed by atoms with E-state index in [0.717, 1.165) is 25.7 Å². The molecule has 0 aromatic heterocycles. The maximum absolute atomic E-state index is 12.4. The van der Waals surface area contributed by atoms with Gasteiger partial charge < -0.3 is 29.0 Å². The topological polar surface area (TPSA) is 126 Å². The number of carbonyl (C=O) groups excluding carboxylic acids is 4. The molecular formula is C19H29NO9. The summed E-state index contributed by atoms with van der Waals surface area (Å²) >= 11 is 0. The lowest BCUT2D eigenvalue weighted by Crippen LogP contribution is -2.63. The standard InChI is InChI=1S/C19H29NO9/c1-10(21)26-15-14(9-20-18(24)13-7-5-6-8-13)29-19(25-4)17(28-12(3)23)16(15)27-11(2)22/h13-17,19H,5-9H2,1-4H3,(H,20,24)/t14?,15-,16?,17-,19-/m0/s1. The molecule has 2 rings (SSSR count). The molecule has 0 radical (unpaired) electrons. The van der Waals surface area contributed by atoms with Gasteiger partial charge in [-0.1, -0.05) is 12.8 Å². The van der Waals surface area contributed by atoms with Crippen molar-refractivity contribution in [3.63, 3.8) is 0 Å². The molecule has 1 amide bonds. The normalized spacial score (nSPS) is 29.7. The fourth-order valence-corrected chi connectivity index (χ4v) is 3.74. The van der Waals surface area contributed by atoms with Gasteiger partial charge in [0.1, 0.15) is 6.10 Å². The second-order valence-corrected chi connectivity index (χ2v) is 7.23. The van der Waals surface area contributed by atoms with Crippen LogP contribution in [0, 0.1) is 5.92 Å². The van der Waals surface area contributed by atoms with E-state index in [9.17, 15) is 19.2 Å². The number of nitrogens with one attached hydrogen (secondary N) is 1. The van der Waals surface area contributed by atoms with Crippen molar-refractivity contribution < 1.29 is 42.9 Å². The van der Waals surface area contributed by atoms with Crippen LogP contribution in [0.15, 0.2) is 0 Å². The molecular weight excluding hydrogens is 386 g/mol. The van der Waals surface area contributed by atoms with Crippen LogP contribution in [0.2, 0.25) is 0 Å². The van der Waals surface area contributed by atoms with E-state index >= 15 is 0 Å². The van der Waals surface area contributed by atoms with Crippen molar-refractivity contribution in [2.75, 3.05) is 13.7 Å². The number of methoxy groups -OCH3 is 1. The highest BCUT2D eigenvalue weighted by Gasteiger charge is 2.52. The summed E-state index contributed by atoms with van der Waals surface area (Å²) in [4.78, 5) is 47.2. The average molecular weight is 415 g/mol. The van der Waals surface area contributed by atoms with Crippen molar-refractivity contribution in [3.8, 4) is 0 Å². The van der Waals surface area contributed by atoms with Crippen LogP contribution < -0.4 is 5.32 Å². The summed E-state index contributed by atoms with van der Waals surface area (Å²) in [6.45, 7) is 3.58. The molecule has 1 aliphatic carbocycles. The summed E-state index contributed by atoms with van der Waals surface area (Å²) in [6.07, 6.45) is -1.67. The zero-order chi connectivity index (χ0) is 21.6. The Morgan fingerprint density at radius 1 is 0.862 bits per heavy atom. The zero-order valence-electron chi connectivity index (χ0n) is 17.2. The van der Waals surface area contributed by atoms with Gasteiger partial charge in [0.15, 0.2) is 24.6 Å². The molecule has 0 aromatic carbocycles. The first-order chi connectivity index (χ1) is 13.7. The summed E-state index contributed by atoms with van der Waals surface area (Å²) in [6, 6.07) is 0. The van der Waals surface area contributed by atoms with Gasteiger partial charge in [-0.15, -0.1) is 0 Å². The summed E-state index contributed by atoms with van der Waals surface area (Å²) < 4.78 is 27.0. The van der Waals surface area contributed by atoms with Crippen LogP contribution in [0.1, 0.15) is 46.5 Å². The zero-order valence-corrected chi connectivity index (χ0v) is 17.2. The number of ether oxygens (including phenoxy) is 5. The van der Waals surface area contributed by atoms with Crippen molar-refractivity contribution in [2.45, 2.75) is 77.2 Å². The van der Waals surface area contributed by atoms with Crippen molar-refractivity contribution in [2.24, 2.45) is 5.92 Å². The summed E-state index contributed by atoms with van der Waals surface area (Å²) in [5, 5.41) is 2.81. The maximum atomic E-state index is 12.4. The molecule has 2 unspecified atom stereocenters. The number of carbonyl (C=O) groups is 4. The second kappa shape index (κ2) is 10.5. The highest BCUT2D eigenvalue weighted by atomic mass is 16.7. The first-order valence-corrected chi connectivity index (χ1v) is 9.70. The van der Waals surface area contributed by atoms with E-state index in [1.165, 1.54) is 27.9 Å². The first kappa shape index (κ1) is 23.1. The molecule has 10 nitrogen and oxygen atoms in total. The Labute approximate surface area is 169 Å². The minimum atomic E-state index is -1.16. The Bertz CT molecular complexity index is 617. The van der Waals surface area contributed by atoms with Gasteiger partial charge in [-0.25, -0.2) is 0 Å². The number of hydrogen-bond acceptors (Lipinski definition) is 9. The number of esters is 3. The minimum Gasteiger partial charge on any atom is -0.456 e. The van der Waals surface area contributed by atoms with Gasteiger partial charge >= 0.3 is 17.9 Å². The molecule has 1 heterocycles. The van der Waals surface area contributed by atoms with Crippen LogP contribution in [0.4, 0.5) is 0 Å². The molecule has 10 heteroatoms. The van der Waals surface area contributed by atoms with Gasteiger partial charge in [0.05, 0.1) is 0 Å². The predicted octanol–water partition coefficient (Wildman–Crippen LogP) is 0.459. The lowest BCUT2D eigenvalue weighted by molar-refractivity contribution is -0.296. The van der Waals surface area contributed by atoms with Gasteiger partial charge in [-0.3, -0.25) is 19.2 Å². The first-order valence-electron chi connectivity index (χ1n) is 9.70. The van der Waals surface area contributed by atoms with Crippen LogP contribution in [0.3, 0.4) is 0 Å². The fourth-order valence-electron chi connectivity index (χ4n) is 3.74. The third kappa shape index (κ3) is 6.40. The Morgan fingerprint density at radius 3 is 1.90 bits per heavy atom. The minimum absolute atomic E-state index is 0.0116. The molecule has 164 valence electrons. The Kier molecular flexibility index (Phi) is 8.39. The third-order valence-electron chi connectivity index (χ3n) is 4.93. The van der Waals surface area contributed by atoms with E-state index in [4.69, 9.17) is 23.7 Å². The van der Waals surface area contributed by atoms with Crippen LogP contribution in [-0.4, -0.2) is 68.2 Å². The van der Waals surface area contributed by atoms with E-state index in [1.807, 2.05) is 0 Å². The molecule has 1 saturated carbocycles. The predicted molar refractivity (Wildman–Crippen MR) is 97.3 cm³/mol. The van der Waals surface area contributed by atoms with E-state index in [-0.39, 0.29) is 18.4 Å². The largest absolute Gasteiger partial charge is 0.456 e. The van der Waals surface area contributed by atoms with Gasteiger partial charge in [0.25, 0.3) is 0 Å². The Morgan fingerprint density at radius 2 is 1.38 bits per heavy atom. The van der Waals surface area contributed by atoms with Gasteiger partial charge in [0.2, 0.25) is 5.91 Å². The van der Waals surface area contributed by atoms with Crippen molar-refractivity contribution in [1.29, 1.82) is 0 Å². The summed E-state index contributed by atoms with van der Waals surface area (Å²) in [7, 11) is 1.34. The van der Waals surface area contributed by atoms with Gasteiger partial charge in [-0.05, 0) is 12.8 Å². The van der Waals surface area contributed by atoms with Crippen molar-refractivity contribution in [1.82, 2.24) is 5.32 Å². The van der Waals surface area contributed by atoms with Crippen molar-refractivity contribution >= 4 is 23.8 Å². The lowest BCUT2D eigenvalue weighted by Gasteiger charge is -2.44. The molecule has 2 fully saturated rings. The number of rotatable bonds is 7. The van der Waals surface area contributed by atoms with Crippen molar-refractivity contribution in [3.05, 3.63) is 0 Å². The van der Waals surface area contributed by atoms with Crippen LogP contribution in [0.25, 0.3) is 0 Å². The molecule has 5 atom stereocenters. The Balaban J connectivity index is 2.22. The molecule has 1 saturated heterocycles. The monoisotopic (exact) mass is 415 g/mol. The quantitative estimate of drug-likeness (QED) is 0.466. The summed E-state index contributed by atoms with van der Waals surface area (Å²) in [5.41, 5.74) is 0. The number of hydrogen-bond donors (Lipinski definition) is 1. The van der Waals surface area contributed by atoms with E-state index in [1.54, 1.807) is 0 Å². The molecule has 29 heavy (non-hydrogen) atoms. The SMILES string of the molecule is CO[C@H]1OC(CNC(=O)C2CCCC2)[C@H](OC(C)=O)C(OC(C)=O)[C@@H]1OC(C)=O. The van der Waals surface area contributed by atoms with Gasteiger partial charge in [-0.2, -0.15) is 0 Å². The molecule has 2 aliphatic rings. The average Bonchev–Trinajstić information content (AvgIpc) is 3.17. The van der Waals surface area contributed by atoms with Crippen LogP contribution in [-0.2, 0) is 42.9 Å².